The standard InChI is InChI=1S/C11H15NO2/c1-8(7-11(14)12-2)9-3-5-10(13)6-4-9/h3-6,8,13H,7H2,1-2H3,(H,12,14). The number of aromatic hydroxyl groups is 1. The average molecular weight is 193 g/mol. The average Bonchev–Trinajstić information content (AvgIpc) is 2.18. The van der Waals surface area contributed by atoms with Gasteiger partial charge in [-0.2, -0.15) is 0 Å². The molecular formula is C11H15NO2. The van der Waals surface area contributed by atoms with E-state index in [1.54, 1.807) is 19.2 Å². The first-order valence-corrected chi connectivity index (χ1v) is 4.63. The summed E-state index contributed by atoms with van der Waals surface area (Å²) in [6.07, 6.45) is 0.473. The Morgan fingerprint density at radius 2 is 2.00 bits per heavy atom. The summed E-state index contributed by atoms with van der Waals surface area (Å²) in [7, 11) is 1.63. The minimum absolute atomic E-state index is 0.0329. The van der Waals surface area contributed by atoms with Crippen LogP contribution < -0.4 is 5.32 Å². The lowest BCUT2D eigenvalue weighted by Gasteiger charge is -2.10. The van der Waals surface area contributed by atoms with Crippen molar-refractivity contribution in [2.24, 2.45) is 0 Å². The molecule has 0 spiro atoms. The Labute approximate surface area is 83.8 Å². The third-order valence-corrected chi connectivity index (χ3v) is 2.23. The van der Waals surface area contributed by atoms with Crippen LogP contribution in [-0.4, -0.2) is 18.1 Å². The second-order valence-electron chi connectivity index (χ2n) is 3.37. The molecule has 0 aliphatic heterocycles. The summed E-state index contributed by atoms with van der Waals surface area (Å²) in [4.78, 5) is 11.1. The van der Waals surface area contributed by atoms with Crippen LogP contribution in [0.2, 0.25) is 0 Å². The van der Waals surface area contributed by atoms with Gasteiger partial charge in [0.1, 0.15) is 5.75 Å². The number of hydrogen-bond acceptors (Lipinski definition) is 2. The first-order valence-electron chi connectivity index (χ1n) is 4.63. The fourth-order valence-electron chi connectivity index (χ4n) is 1.30. The van der Waals surface area contributed by atoms with Gasteiger partial charge in [-0.05, 0) is 23.6 Å². The van der Waals surface area contributed by atoms with Crippen LogP contribution in [0.3, 0.4) is 0 Å². The summed E-state index contributed by atoms with van der Waals surface area (Å²) in [6.45, 7) is 1.99. The van der Waals surface area contributed by atoms with E-state index in [1.807, 2.05) is 19.1 Å². The molecule has 0 aromatic heterocycles. The van der Waals surface area contributed by atoms with Crippen molar-refractivity contribution < 1.29 is 9.90 Å². The zero-order valence-corrected chi connectivity index (χ0v) is 8.45. The van der Waals surface area contributed by atoms with Gasteiger partial charge in [-0.15, -0.1) is 0 Å². The Kier molecular flexibility index (Phi) is 3.51. The zero-order valence-electron chi connectivity index (χ0n) is 8.45. The smallest absolute Gasteiger partial charge is 0.220 e. The van der Waals surface area contributed by atoms with E-state index in [-0.39, 0.29) is 17.6 Å². The highest BCUT2D eigenvalue weighted by Gasteiger charge is 2.09. The predicted molar refractivity (Wildman–Crippen MR) is 55.2 cm³/mol. The molecule has 14 heavy (non-hydrogen) atoms. The van der Waals surface area contributed by atoms with Crippen molar-refractivity contribution in [2.75, 3.05) is 7.05 Å². The fourth-order valence-corrected chi connectivity index (χ4v) is 1.30. The van der Waals surface area contributed by atoms with E-state index in [0.29, 0.717) is 6.42 Å². The Bertz CT molecular complexity index is 306. The van der Waals surface area contributed by atoms with Gasteiger partial charge in [0.2, 0.25) is 5.91 Å². The molecule has 3 heteroatoms. The Morgan fingerprint density at radius 1 is 1.43 bits per heavy atom. The van der Waals surface area contributed by atoms with Crippen LogP contribution in [0.25, 0.3) is 0 Å². The Hall–Kier alpha value is -1.51. The number of nitrogens with one attached hydrogen (secondary N) is 1. The van der Waals surface area contributed by atoms with Gasteiger partial charge in [0.25, 0.3) is 0 Å². The number of amides is 1. The number of carbonyl (C=O) groups is 1. The molecule has 1 aromatic carbocycles. The molecule has 1 atom stereocenters. The van der Waals surface area contributed by atoms with Crippen molar-refractivity contribution in [3.8, 4) is 5.75 Å². The maximum Gasteiger partial charge on any atom is 0.220 e. The van der Waals surface area contributed by atoms with Gasteiger partial charge < -0.3 is 10.4 Å². The number of benzene rings is 1. The minimum Gasteiger partial charge on any atom is -0.508 e. The lowest BCUT2D eigenvalue weighted by Crippen LogP contribution is -2.19. The summed E-state index contributed by atoms with van der Waals surface area (Å²) in [6, 6.07) is 6.94. The van der Waals surface area contributed by atoms with Crippen molar-refractivity contribution in [3.05, 3.63) is 29.8 Å². The molecule has 76 valence electrons. The lowest BCUT2D eigenvalue weighted by atomic mass is 9.97. The third kappa shape index (κ3) is 2.76. The normalized spacial score (nSPS) is 12.1. The number of phenols is 1. The number of carbonyl (C=O) groups excluding carboxylic acids is 1. The zero-order chi connectivity index (χ0) is 10.6. The predicted octanol–water partition coefficient (Wildman–Crippen LogP) is 1.63. The molecule has 1 amide bonds. The van der Waals surface area contributed by atoms with Gasteiger partial charge in [0.05, 0.1) is 0 Å². The Balaban J connectivity index is 2.65. The first kappa shape index (κ1) is 10.6. The van der Waals surface area contributed by atoms with Crippen LogP contribution in [0.1, 0.15) is 24.8 Å². The molecule has 0 fully saturated rings. The molecule has 2 N–H and O–H groups in total. The second-order valence-corrected chi connectivity index (χ2v) is 3.37. The summed E-state index contributed by atoms with van der Waals surface area (Å²) < 4.78 is 0. The van der Waals surface area contributed by atoms with Crippen molar-refractivity contribution >= 4 is 5.91 Å². The van der Waals surface area contributed by atoms with Crippen molar-refractivity contribution in [1.29, 1.82) is 0 Å². The molecule has 1 aromatic rings. The van der Waals surface area contributed by atoms with Gasteiger partial charge in [-0.25, -0.2) is 0 Å². The second kappa shape index (κ2) is 4.65. The molecule has 1 rings (SSSR count). The topological polar surface area (TPSA) is 49.3 Å². The number of phenolic OH excluding ortho intramolecular Hbond substituents is 1. The van der Waals surface area contributed by atoms with E-state index in [1.165, 1.54) is 0 Å². The third-order valence-electron chi connectivity index (χ3n) is 2.23. The van der Waals surface area contributed by atoms with Crippen molar-refractivity contribution in [3.63, 3.8) is 0 Å². The SMILES string of the molecule is CNC(=O)CC(C)c1ccc(O)cc1. The van der Waals surface area contributed by atoms with E-state index < -0.39 is 0 Å². The lowest BCUT2D eigenvalue weighted by molar-refractivity contribution is -0.120. The van der Waals surface area contributed by atoms with Crippen LogP contribution >= 0.6 is 0 Å². The van der Waals surface area contributed by atoms with E-state index in [4.69, 9.17) is 5.11 Å². The maximum atomic E-state index is 11.1. The molecule has 3 nitrogen and oxygen atoms in total. The molecule has 0 aliphatic carbocycles. The van der Waals surface area contributed by atoms with Gasteiger partial charge >= 0.3 is 0 Å². The molecule has 0 aliphatic rings. The van der Waals surface area contributed by atoms with Crippen LogP contribution in [-0.2, 0) is 4.79 Å². The highest BCUT2D eigenvalue weighted by atomic mass is 16.3. The quantitative estimate of drug-likeness (QED) is 0.766. The molecule has 0 bridgehead atoms. The molecule has 0 saturated carbocycles. The van der Waals surface area contributed by atoms with Crippen molar-refractivity contribution in [2.45, 2.75) is 19.3 Å². The van der Waals surface area contributed by atoms with Crippen LogP contribution in [0.5, 0.6) is 5.75 Å². The molecule has 1 unspecified atom stereocenters. The van der Waals surface area contributed by atoms with E-state index in [9.17, 15) is 4.79 Å². The largest absolute Gasteiger partial charge is 0.508 e. The summed E-state index contributed by atoms with van der Waals surface area (Å²) >= 11 is 0. The molecular weight excluding hydrogens is 178 g/mol. The van der Waals surface area contributed by atoms with Crippen LogP contribution in [0.15, 0.2) is 24.3 Å². The molecule has 0 radical (unpaired) electrons. The first-order chi connectivity index (χ1) is 6.63. The van der Waals surface area contributed by atoms with Gasteiger partial charge in [0, 0.05) is 13.5 Å². The maximum absolute atomic E-state index is 11.1. The van der Waals surface area contributed by atoms with E-state index in [0.717, 1.165) is 5.56 Å². The fraction of sp³-hybridized carbons (Fsp3) is 0.364. The molecule has 0 heterocycles. The number of hydrogen-bond donors (Lipinski definition) is 2. The van der Waals surface area contributed by atoms with E-state index >= 15 is 0 Å². The highest BCUT2D eigenvalue weighted by Crippen LogP contribution is 2.20. The van der Waals surface area contributed by atoms with Crippen LogP contribution in [0, 0.1) is 0 Å². The van der Waals surface area contributed by atoms with Gasteiger partial charge in [-0.1, -0.05) is 19.1 Å². The van der Waals surface area contributed by atoms with Crippen molar-refractivity contribution in [1.82, 2.24) is 5.32 Å². The number of rotatable bonds is 3. The highest BCUT2D eigenvalue weighted by molar-refractivity contribution is 5.76. The molecule has 0 saturated heterocycles. The summed E-state index contributed by atoms with van der Waals surface area (Å²) in [5.41, 5.74) is 1.06. The summed E-state index contributed by atoms with van der Waals surface area (Å²) in [5.74, 6) is 0.460. The minimum atomic E-state index is 0.0329. The van der Waals surface area contributed by atoms with E-state index in [2.05, 4.69) is 5.32 Å². The summed E-state index contributed by atoms with van der Waals surface area (Å²) in [5, 5.41) is 11.7. The van der Waals surface area contributed by atoms with Gasteiger partial charge in [0.15, 0.2) is 0 Å². The van der Waals surface area contributed by atoms with Crippen LogP contribution in [0.4, 0.5) is 0 Å². The Morgan fingerprint density at radius 3 is 2.50 bits per heavy atom. The van der Waals surface area contributed by atoms with Gasteiger partial charge in [-0.3, -0.25) is 4.79 Å². The monoisotopic (exact) mass is 193 g/mol.